The van der Waals surface area contributed by atoms with Crippen molar-refractivity contribution in [1.82, 2.24) is 5.32 Å². The Balaban J connectivity index is 1.59. The van der Waals surface area contributed by atoms with Crippen molar-refractivity contribution in [3.63, 3.8) is 0 Å². The lowest BCUT2D eigenvalue weighted by Gasteiger charge is -2.26. The van der Waals surface area contributed by atoms with Gasteiger partial charge in [0.15, 0.2) is 0 Å². The first kappa shape index (κ1) is 20.2. The third-order valence-corrected chi connectivity index (χ3v) is 4.78. The molecule has 1 heterocycles. The van der Waals surface area contributed by atoms with Gasteiger partial charge in [-0.25, -0.2) is 18.5 Å². The fourth-order valence-corrected chi connectivity index (χ4v) is 3.29. The van der Waals surface area contributed by atoms with E-state index in [2.05, 4.69) is 5.32 Å². The van der Waals surface area contributed by atoms with Gasteiger partial charge in [-0.15, -0.1) is 0 Å². The molecule has 0 unspecified atom stereocenters. The predicted molar refractivity (Wildman–Crippen MR) is 111 cm³/mol. The monoisotopic (exact) mass is 418 g/mol. The van der Waals surface area contributed by atoms with E-state index in [9.17, 15) is 23.2 Å². The van der Waals surface area contributed by atoms with E-state index in [4.69, 9.17) is 0 Å². The summed E-state index contributed by atoms with van der Waals surface area (Å²) in [6.07, 6.45) is 1.85. The number of barbiturate groups is 1. The van der Waals surface area contributed by atoms with Crippen LogP contribution in [-0.4, -0.2) is 17.8 Å². The minimum absolute atomic E-state index is 0.242. The number of hydrogen-bond donors (Lipinski definition) is 1. The zero-order valence-corrected chi connectivity index (χ0v) is 16.1. The summed E-state index contributed by atoms with van der Waals surface area (Å²) < 4.78 is 27.5. The van der Waals surface area contributed by atoms with Gasteiger partial charge in [0.2, 0.25) is 0 Å². The van der Waals surface area contributed by atoms with E-state index < -0.39 is 23.7 Å². The highest BCUT2D eigenvalue weighted by Gasteiger charge is 2.37. The lowest BCUT2D eigenvalue weighted by molar-refractivity contribution is -0.122. The van der Waals surface area contributed by atoms with Gasteiger partial charge in [0.1, 0.15) is 17.2 Å². The molecule has 0 radical (unpaired) electrons. The summed E-state index contributed by atoms with van der Waals surface area (Å²) in [4.78, 5) is 37.8. The second-order valence-corrected chi connectivity index (χ2v) is 6.96. The summed E-state index contributed by atoms with van der Waals surface area (Å²) >= 11 is 0. The highest BCUT2D eigenvalue weighted by atomic mass is 19.1. The number of hydrogen-bond acceptors (Lipinski definition) is 3. The van der Waals surface area contributed by atoms with Crippen molar-refractivity contribution in [3.05, 3.63) is 107 Å². The molecule has 4 amide bonds. The first-order valence-electron chi connectivity index (χ1n) is 9.42. The molecule has 0 bridgehead atoms. The van der Waals surface area contributed by atoms with Crippen LogP contribution >= 0.6 is 0 Å². The molecule has 0 atom stereocenters. The van der Waals surface area contributed by atoms with Crippen LogP contribution in [0.1, 0.15) is 16.7 Å². The lowest BCUT2D eigenvalue weighted by Crippen LogP contribution is -2.54. The molecule has 1 N–H and O–H groups in total. The SMILES string of the molecule is O=C1NC(=O)N(c2ccccc2F)C(=O)/C1=C\c1ccc(Cc2cccc(F)c2)cc1. The Morgan fingerprint density at radius 3 is 2.29 bits per heavy atom. The molecule has 154 valence electrons. The number of nitrogens with zero attached hydrogens (tertiary/aromatic N) is 1. The van der Waals surface area contributed by atoms with E-state index in [-0.39, 0.29) is 17.1 Å². The number of halogens is 2. The largest absolute Gasteiger partial charge is 0.336 e. The van der Waals surface area contributed by atoms with Crippen molar-refractivity contribution in [3.8, 4) is 0 Å². The van der Waals surface area contributed by atoms with Crippen molar-refractivity contribution in [2.75, 3.05) is 4.90 Å². The first-order valence-corrected chi connectivity index (χ1v) is 9.42. The minimum Gasteiger partial charge on any atom is -0.273 e. The molecule has 0 spiro atoms. The minimum atomic E-state index is -1.01. The van der Waals surface area contributed by atoms with Gasteiger partial charge in [-0.3, -0.25) is 14.9 Å². The molecular formula is C24H16F2N2O3. The van der Waals surface area contributed by atoms with Crippen molar-refractivity contribution < 1.29 is 23.2 Å². The van der Waals surface area contributed by atoms with Crippen LogP contribution in [0.15, 0.2) is 78.4 Å². The van der Waals surface area contributed by atoms with Gasteiger partial charge in [0.05, 0.1) is 5.69 Å². The number of rotatable bonds is 4. The number of imide groups is 2. The third-order valence-electron chi connectivity index (χ3n) is 4.78. The summed E-state index contributed by atoms with van der Waals surface area (Å²) in [7, 11) is 0. The van der Waals surface area contributed by atoms with Gasteiger partial charge >= 0.3 is 6.03 Å². The fraction of sp³-hybridized carbons (Fsp3) is 0.0417. The maximum Gasteiger partial charge on any atom is 0.336 e. The zero-order valence-electron chi connectivity index (χ0n) is 16.1. The average molecular weight is 418 g/mol. The second-order valence-electron chi connectivity index (χ2n) is 6.96. The molecule has 1 fully saturated rings. The van der Waals surface area contributed by atoms with Crippen molar-refractivity contribution >= 4 is 29.6 Å². The number of urea groups is 1. The van der Waals surface area contributed by atoms with Crippen LogP contribution in [0.4, 0.5) is 19.3 Å². The van der Waals surface area contributed by atoms with Gasteiger partial charge in [-0.05, 0) is 53.5 Å². The van der Waals surface area contributed by atoms with E-state index in [0.717, 1.165) is 17.2 Å². The van der Waals surface area contributed by atoms with Crippen LogP contribution in [0.25, 0.3) is 6.08 Å². The molecule has 1 aliphatic rings. The quantitative estimate of drug-likeness (QED) is 0.510. The Kier molecular flexibility index (Phi) is 5.41. The Labute approximate surface area is 176 Å². The fourth-order valence-electron chi connectivity index (χ4n) is 3.29. The highest BCUT2D eigenvalue weighted by molar-refractivity contribution is 6.39. The number of amides is 4. The van der Waals surface area contributed by atoms with Crippen LogP contribution in [0.3, 0.4) is 0 Å². The molecule has 3 aromatic rings. The summed E-state index contributed by atoms with van der Waals surface area (Å²) in [5, 5.41) is 2.06. The molecule has 5 nitrogen and oxygen atoms in total. The number of anilines is 1. The Morgan fingerprint density at radius 1 is 0.839 bits per heavy atom. The normalized spacial score (nSPS) is 15.4. The molecule has 0 aromatic heterocycles. The van der Waals surface area contributed by atoms with Crippen LogP contribution < -0.4 is 10.2 Å². The third kappa shape index (κ3) is 4.25. The Hall–Kier alpha value is -4.13. The number of nitrogens with one attached hydrogen (secondary N) is 1. The van der Waals surface area contributed by atoms with Crippen LogP contribution in [0.2, 0.25) is 0 Å². The van der Waals surface area contributed by atoms with E-state index in [0.29, 0.717) is 16.9 Å². The maximum absolute atomic E-state index is 14.1. The van der Waals surface area contributed by atoms with Crippen molar-refractivity contribution in [2.45, 2.75) is 6.42 Å². The van der Waals surface area contributed by atoms with E-state index in [1.54, 1.807) is 30.3 Å². The zero-order chi connectivity index (χ0) is 22.0. The number of para-hydroxylation sites is 1. The number of carbonyl (C=O) groups is 3. The van der Waals surface area contributed by atoms with Gasteiger partial charge in [-0.2, -0.15) is 0 Å². The second kappa shape index (κ2) is 8.31. The van der Waals surface area contributed by atoms with E-state index >= 15 is 0 Å². The molecule has 7 heteroatoms. The Morgan fingerprint density at radius 2 is 1.58 bits per heavy atom. The maximum atomic E-state index is 14.1. The average Bonchev–Trinajstić information content (AvgIpc) is 2.73. The highest BCUT2D eigenvalue weighted by Crippen LogP contribution is 2.24. The summed E-state index contributed by atoms with van der Waals surface area (Å²) in [5.41, 5.74) is 1.74. The summed E-state index contributed by atoms with van der Waals surface area (Å²) in [6, 6.07) is 17.6. The topological polar surface area (TPSA) is 66.5 Å². The molecule has 3 aromatic carbocycles. The van der Waals surface area contributed by atoms with E-state index in [1.807, 2.05) is 6.07 Å². The van der Waals surface area contributed by atoms with E-state index in [1.165, 1.54) is 36.4 Å². The summed E-state index contributed by atoms with van der Waals surface area (Å²) in [6.45, 7) is 0. The van der Waals surface area contributed by atoms with Crippen molar-refractivity contribution in [1.29, 1.82) is 0 Å². The predicted octanol–water partition coefficient (Wildman–Crippen LogP) is 4.22. The van der Waals surface area contributed by atoms with Crippen molar-refractivity contribution in [2.24, 2.45) is 0 Å². The lowest BCUT2D eigenvalue weighted by atomic mass is 10.0. The Bertz CT molecular complexity index is 1220. The molecule has 0 saturated carbocycles. The van der Waals surface area contributed by atoms with Gasteiger partial charge in [0.25, 0.3) is 11.8 Å². The molecule has 31 heavy (non-hydrogen) atoms. The molecule has 4 rings (SSSR count). The molecule has 1 saturated heterocycles. The first-order chi connectivity index (χ1) is 14.9. The molecule has 0 aliphatic carbocycles. The van der Waals surface area contributed by atoms with Crippen LogP contribution in [-0.2, 0) is 16.0 Å². The van der Waals surface area contributed by atoms with Gasteiger partial charge in [0, 0.05) is 0 Å². The number of benzene rings is 3. The molecule has 1 aliphatic heterocycles. The number of carbonyl (C=O) groups excluding carboxylic acids is 3. The van der Waals surface area contributed by atoms with Gasteiger partial charge < -0.3 is 0 Å². The standard InChI is InChI=1S/C24H16F2N2O3/c25-18-5-3-4-17(13-18)12-15-8-10-16(11-9-15)14-19-22(29)27-24(31)28(23(19)30)21-7-2-1-6-20(21)26/h1-11,13-14H,12H2,(H,27,29,31)/b19-14-. The summed E-state index contributed by atoms with van der Waals surface area (Å²) in [5.74, 6) is -2.84. The van der Waals surface area contributed by atoms with Crippen LogP contribution in [0, 0.1) is 11.6 Å². The smallest absolute Gasteiger partial charge is 0.273 e. The van der Waals surface area contributed by atoms with Crippen LogP contribution in [0.5, 0.6) is 0 Å². The van der Waals surface area contributed by atoms with Gasteiger partial charge in [-0.1, -0.05) is 48.5 Å². The molecular weight excluding hydrogens is 402 g/mol.